The van der Waals surface area contributed by atoms with Gasteiger partial charge >= 0.3 is 0 Å². The lowest BCUT2D eigenvalue weighted by atomic mass is 10.0. The smallest absolute Gasteiger partial charge is 0.238 e. The maximum absolute atomic E-state index is 12.1. The van der Waals surface area contributed by atoms with Gasteiger partial charge in [-0.25, -0.2) is 0 Å². The minimum absolute atomic E-state index is 0.0826. The third-order valence-corrected chi connectivity index (χ3v) is 4.24. The predicted molar refractivity (Wildman–Crippen MR) is 82.4 cm³/mol. The molecule has 1 aromatic rings. The SMILES string of the molecule is Cc1cc(Br)ccc1NC(=O)CN1CCCCC1C. The molecule has 3 nitrogen and oxygen atoms in total. The number of rotatable bonds is 3. The van der Waals surface area contributed by atoms with Crippen molar-refractivity contribution in [3.8, 4) is 0 Å². The Balaban J connectivity index is 1.93. The van der Waals surface area contributed by atoms with Crippen molar-refractivity contribution in [1.29, 1.82) is 0 Å². The number of hydrogen-bond donors (Lipinski definition) is 1. The van der Waals surface area contributed by atoms with Crippen molar-refractivity contribution < 1.29 is 4.79 Å². The lowest BCUT2D eigenvalue weighted by Gasteiger charge is -2.32. The van der Waals surface area contributed by atoms with Crippen LogP contribution in [0, 0.1) is 6.92 Å². The molecule has 0 bridgehead atoms. The zero-order valence-corrected chi connectivity index (χ0v) is 13.2. The minimum atomic E-state index is 0.0826. The highest BCUT2D eigenvalue weighted by Crippen LogP contribution is 2.20. The molecule has 1 aliphatic rings. The van der Waals surface area contributed by atoms with Crippen LogP contribution >= 0.6 is 15.9 Å². The molecule has 0 spiro atoms. The first-order valence-corrected chi connectivity index (χ1v) is 7.65. The summed E-state index contributed by atoms with van der Waals surface area (Å²) >= 11 is 3.43. The fourth-order valence-electron chi connectivity index (χ4n) is 2.53. The van der Waals surface area contributed by atoms with Gasteiger partial charge in [-0.2, -0.15) is 0 Å². The monoisotopic (exact) mass is 324 g/mol. The van der Waals surface area contributed by atoms with Crippen molar-refractivity contribution in [2.45, 2.75) is 39.2 Å². The van der Waals surface area contributed by atoms with Crippen molar-refractivity contribution >= 4 is 27.5 Å². The van der Waals surface area contributed by atoms with E-state index in [0.717, 1.165) is 22.3 Å². The number of carbonyl (C=O) groups is 1. The lowest BCUT2D eigenvalue weighted by Crippen LogP contribution is -2.42. The van der Waals surface area contributed by atoms with Gasteiger partial charge in [-0.15, -0.1) is 0 Å². The van der Waals surface area contributed by atoms with E-state index in [4.69, 9.17) is 0 Å². The van der Waals surface area contributed by atoms with Crippen LogP contribution in [-0.2, 0) is 4.79 Å². The Bertz CT molecular complexity index is 461. The van der Waals surface area contributed by atoms with E-state index in [2.05, 4.69) is 33.1 Å². The van der Waals surface area contributed by atoms with Gasteiger partial charge < -0.3 is 5.32 Å². The first-order chi connectivity index (χ1) is 9.06. The lowest BCUT2D eigenvalue weighted by molar-refractivity contribution is -0.118. The van der Waals surface area contributed by atoms with Crippen molar-refractivity contribution in [2.75, 3.05) is 18.4 Å². The first-order valence-electron chi connectivity index (χ1n) is 6.86. The molecule has 1 atom stereocenters. The average Bonchev–Trinajstić information content (AvgIpc) is 2.36. The largest absolute Gasteiger partial charge is 0.325 e. The number of benzene rings is 1. The van der Waals surface area contributed by atoms with E-state index < -0.39 is 0 Å². The van der Waals surface area contributed by atoms with E-state index in [9.17, 15) is 4.79 Å². The van der Waals surface area contributed by atoms with Crippen LogP contribution < -0.4 is 5.32 Å². The molecule has 1 saturated heterocycles. The molecule has 1 amide bonds. The van der Waals surface area contributed by atoms with E-state index in [1.807, 2.05) is 25.1 Å². The number of nitrogens with one attached hydrogen (secondary N) is 1. The standard InChI is InChI=1S/C15H21BrN2O/c1-11-9-13(16)6-7-14(11)17-15(19)10-18-8-4-3-5-12(18)2/h6-7,9,12H,3-5,8,10H2,1-2H3,(H,17,19). The van der Waals surface area contributed by atoms with Crippen LogP contribution in [0.1, 0.15) is 31.7 Å². The molecule has 1 fully saturated rings. The molecular weight excluding hydrogens is 304 g/mol. The summed E-state index contributed by atoms with van der Waals surface area (Å²) < 4.78 is 1.03. The van der Waals surface area contributed by atoms with E-state index in [1.54, 1.807) is 0 Å². The second kappa shape index (κ2) is 6.53. The molecule has 1 N–H and O–H groups in total. The molecule has 1 unspecified atom stereocenters. The van der Waals surface area contributed by atoms with Gasteiger partial charge in [0.1, 0.15) is 0 Å². The second-order valence-corrected chi connectivity index (χ2v) is 6.24. The van der Waals surface area contributed by atoms with Gasteiger partial charge in [-0.3, -0.25) is 9.69 Å². The Hall–Kier alpha value is -0.870. The number of halogens is 1. The van der Waals surface area contributed by atoms with Crippen LogP contribution in [0.25, 0.3) is 0 Å². The first kappa shape index (κ1) is 14.5. The Morgan fingerprint density at radius 2 is 2.26 bits per heavy atom. The average molecular weight is 325 g/mol. The van der Waals surface area contributed by atoms with Gasteiger partial charge in [-0.05, 0) is 57.0 Å². The zero-order valence-electron chi connectivity index (χ0n) is 11.6. The summed E-state index contributed by atoms with van der Waals surface area (Å²) in [5, 5.41) is 3.00. The molecule has 1 aromatic carbocycles. The van der Waals surface area contributed by atoms with Gasteiger partial charge in [0.05, 0.1) is 6.54 Å². The molecule has 1 aliphatic heterocycles. The van der Waals surface area contributed by atoms with Crippen molar-refractivity contribution in [3.63, 3.8) is 0 Å². The predicted octanol–water partition coefficient (Wildman–Crippen LogP) is 3.57. The summed E-state index contributed by atoms with van der Waals surface area (Å²) in [6.45, 7) is 5.74. The summed E-state index contributed by atoms with van der Waals surface area (Å²) in [6, 6.07) is 6.42. The van der Waals surface area contributed by atoms with E-state index >= 15 is 0 Å². The summed E-state index contributed by atoms with van der Waals surface area (Å²) in [6.07, 6.45) is 3.69. The van der Waals surface area contributed by atoms with Crippen LogP contribution in [0.2, 0.25) is 0 Å². The fraction of sp³-hybridized carbons (Fsp3) is 0.533. The number of amides is 1. The molecule has 19 heavy (non-hydrogen) atoms. The normalized spacial score (nSPS) is 20.3. The van der Waals surface area contributed by atoms with Crippen LogP contribution in [0.15, 0.2) is 22.7 Å². The number of anilines is 1. The highest BCUT2D eigenvalue weighted by atomic mass is 79.9. The quantitative estimate of drug-likeness (QED) is 0.921. The van der Waals surface area contributed by atoms with Crippen LogP contribution in [0.3, 0.4) is 0 Å². The van der Waals surface area contributed by atoms with Gasteiger partial charge in [0.15, 0.2) is 0 Å². The Morgan fingerprint density at radius 1 is 1.47 bits per heavy atom. The summed E-state index contributed by atoms with van der Waals surface area (Å²) in [5.74, 6) is 0.0826. The number of hydrogen-bond acceptors (Lipinski definition) is 2. The van der Waals surface area contributed by atoms with Gasteiger partial charge in [0, 0.05) is 16.2 Å². The maximum atomic E-state index is 12.1. The third-order valence-electron chi connectivity index (χ3n) is 3.75. The number of carbonyl (C=O) groups excluding carboxylic acids is 1. The van der Waals surface area contributed by atoms with E-state index in [0.29, 0.717) is 12.6 Å². The van der Waals surface area contributed by atoms with E-state index in [1.165, 1.54) is 19.3 Å². The Labute approximate surface area is 123 Å². The third kappa shape index (κ3) is 4.05. The number of likely N-dealkylation sites (tertiary alicyclic amines) is 1. The highest BCUT2D eigenvalue weighted by Gasteiger charge is 2.20. The fourth-order valence-corrected chi connectivity index (χ4v) is 3.01. The number of aryl methyl sites for hydroxylation is 1. The summed E-state index contributed by atoms with van der Waals surface area (Å²) in [4.78, 5) is 14.4. The molecule has 0 aromatic heterocycles. The summed E-state index contributed by atoms with van der Waals surface area (Å²) in [5.41, 5.74) is 1.98. The van der Waals surface area contributed by atoms with Crippen molar-refractivity contribution in [3.05, 3.63) is 28.2 Å². The minimum Gasteiger partial charge on any atom is -0.325 e. The highest BCUT2D eigenvalue weighted by molar-refractivity contribution is 9.10. The van der Waals surface area contributed by atoms with Gasteiger partial charge in [0.2, 0.25) is 5.91 Å². The number of piperidine rings is 1. The Kier molecular flexibility index (Phi) is 4.99. The molecule has 104 valence electrons. The zero-order chi connectivity index (χ0) is 13.8. The molecule has 0 aliphatic carbocycles. The Morgan fingerprint density at radius 3 is 2.95 bits per heavy atom. The molecule has 2 rings (SSSR count). The molecule has 4 heteroatoms. The van der Waals surface area contributed by atoms with Gasteiger partial charge in [-0.1, -0.05) is 22.4 Å². The van der Waals surface area contributed by atoms with E-state index in [-0.39, 0.29) is 5.91 Å². The van der Waals surface area contributed by atoms with Gasteiger partial charge in [0.25, 0.3) is 0 Å². The van der Waals surface area contributed by atoms with Crippen LogP contribution in [-0.4, -0.2) is 29.9 Å². The molecule has 0 saturated carbocycles. The molecular formula is C15H21BrN2O. The van der Waals surface area contributed by atoms with Crippen molar-refractivity contribution in [2.24, 2.45) is 0 Å². The molecule has 1 heterocycles. The van der Waals surface area contributed by atoms with Crippen LogP contribution in [0.5, 0.6) is 0 Å². The van der Waals surface area contributed by atoms with Crippen LogP contribution in [0.4, 0.5) is 5.69 Å². The summed E-state index contributed by atoms with van der Waals surface area (Å²) in [7, 11) is 0. The van der Waals surface area contributed by atoms with Crippen molar-refractivity contribution in [1.82, 2.24) is 4.90 Å². The second-order valence-electron chi connectivity index (χ2n) is 5.32. The topological polar surface area (TPSA) is 32.3 Å². The maximum Gasteiger partial charge on any atom is 0.238 e. The number of nitrogens with zero attached hydrogens (tertiary/aromatic N) is 1. The molecule has 0 radical (unpaired) electrons.